The third-order valence-corrected chi connectivity index (χ3v) is 4.58. The van der Waals surface area contributed by atoms with Gasteiger partial charge < -0.3 is 10.3 Å². The Morgan fingerprint density at radius 3 is 2.48 bits per heavy atom. The fraction of sp³-hybridized carbons (Fsp3) is 0.200. The molecule has 1 amide bonds. The first-order valence-corrected chi connectivity index (χ1v) is 9.28. The maximum atomic E-state index is 12.5. The lowest BCUT2D eigenvalue weighted by Gasteiger charge is -2.07. The van der Waals surface area contributed by atoms with Crippen LogP contribution in [0.2, 0.25) is 0 Å². The third-order valence-electron chi connectivity index (χ3n) is 3.68. The van der Waals surface area contributed by atoms with Gasteiger partial charge in [0, 0.05) is 21.7 Å². The molecule has 3 rings (SSSR count). The molecule has 1 heterocycles. The van der Waals surface area contributed by atoms with Crippen molar-refractivity contribution in [2.24, 2.45) is 0 Å². The topological polar surface area (TPSA) is 62.0 Å². The Kier molecular flexibility index (Phi) is 6.75. The lowest BCUT2D eigenvalue weighted by Crippen LogP contribution is -2.28. The van der Waals surface area contributed by atoms with Crippen LogP contribution in [0.1, 0.15) is 35.3 Å². The molecule has 5 heteroatoms. The number of H-pyrrole nitrogens is 1. The Bertz CT molecular complexity index is 931. The van der Waals surface area contributed by atoms with E-state index in [0.717, 1.165) is 14.7 Å². The average molecular weight is 448 g/mol. The first-order chi connectivity index (χ1) is 12.1. The summed E-state index contributed by atoms with van der Waals surface area (Å²) < 4.78 is 0.948. The Hall–Kier alpha value is -2.15. The third kappa shape index (κ3) is 4.48. The monoisotopic (exact) mass is 448 g/mol. The van der Waals surface area contributed by atoms with Crippen LogP contribution in [-0.4, -0.2) is 10.9 Å². The average Bonchev–Trinajstić information content (AvgIpc) is 2.64. The highest BCUT2D eigenvalue weighted by molar-refractivity contribution is 14.1. The first kappa shape index (κ1) is 19.2. The van der Waals surface area contributed by atoms with E-state index in [2.05, 4.69) is 32.9 Å². The van der Waals surface area contributed by atoms with Crippen LogP contribution in [0.25, 0.3) is 10.9 Å². The predicted molar refractivity (Wildman–Crippen MR) is 111 cm³/mol. The normalized spacial score (nSPS) is 10.1. The zero-order chi connectivity index (χ0) is 18.4. The molecular formula is C20H21IN2O2. The largest absolute Gasteiger partial charge is 0.359 e. The first-order valence-electron chi connectivity index (χ1n) is 8.20. The standard InChI is InChI=1S/C18H15IN2O2.C2H6/c1-11-5-7-12(8-6-11)9-21-18(23)14-10-20-16-13(17(14)22)3-2-4-15(16)19;1-2/h2-8,10H,9H2,1H3,(H,20,22)(H,21,23);1-2H3. The molecule has 2 N–H and O–H groups in total. The van der Waals surface area contributed by atoms with Crippen molar-refractivity contribution >= 4 is 39.4 Å². The van der Waals surface area contributed by atoms with Gasteiger partial charge in [-0.3, -0.25) is 9.59 Å². The predicted octanol–water partition coefficient (Wildman–Crippen LogP) is 4.40. The Balaban J connectivity index is 0.00000109. The number of pyridine rings is 1. The number of halogens is 1. The number of amides is 1. The highest BCUT2D eigenvalue weighted by Crippen LogP contribution is 2.15. The number of aromatic amines is 1. The van der Waals surface area contributed by atoms with Gasteiger partial charge in [-0.2, -0.15) is 0 Å². The number of aromatic nitrogens is 1. The van der Waals surface area contributed by atoms with Crippen molar-refractivity contribution < 1.29 is 4.79 Å². The van der Waals surface area contributed by atoms with Crippen molar-refractivity contribution in [1.29, 1.82) is 0 Å². The van der Waals surface area contributed by atoms with Crippen molar-refractivity contribution in [2.45, 2.75) is 27.3 Å². The van der Waals surface area contributed by atoms with Crippen LogP contribution in [0.5, 0.6) is 0 Å². The summed E-state index contributed by atoms with van der Waals surface area (Å²) in [4.78, 5) is 27.8. The van der Waals surface area contributed by atoms with E-state index in [1.54, 1.807) is 6.07 Å². The van der Waals surface area contributed by atoms with Crippen LogP contribution in [0.3, 0.4) is 0 Å². The van der Waals surface area contributed by atoms with E-state index in [0.29, 0.717) is 11.9 Å². The lowest BCUT2D eigenvalue weighted by atomic mass is 10.1. The summed E-state index contributed by atoms with van der Waals surface area (Å²) in [6.07, 6.45) is 1.48. The SMILES string of the molecule is CC.Cc1ccc(CNC(=O)c2c[nH]c3c(I)cccc3c2=O)cc1. The summed E-state index contributed by atoms with van der Waals surface area (Å²) in [5.41, 5.74) is 2.80. The molecule has 0 saturated heterocycles. The number of carbonyl (C=O) groups excluding carboxylic acids is 1. The second kappa shape index (κ2) is 8.80. The van der Waals surface area contributed by atoms with Crippen molar-refractivity contribution in [1.82, 2.24) is 10.3 Å². The number of fused-ring (bicyclic) bond motifs is 1. The molecular weight excluding hydrogens is 427 g/mol. The number of aryl methyl sites for hydroxylation is 1. The molecule has 2 aromatic carbocycles. The molecule has 0 bridgehead atoms. The summed E-state index contributed by atoms with van der Waals surface area (Å²) in [5.74, 6) is -0.368. The van der Waals surface area contributed by atoms with E-state index in [1.807, 2.05) is 57.2 Å². The van der Waals surface area contributed by atoms with E-state index >= 15 is 0 Å². The minimum absolute atomic E-state index is 0.131. The number of hydrogen-bond acceptors (Lipinski definition) is 2. The van der Waals surface area contributed by atoms with Crippen molar-refractivity contribution in [3.63, 3.8) is 0 Å². The highest BCUT2D eigenvalue weighted by Gasteiger charge is 2.13. The van der Waals surface area contributed by atoms with Gasteiger partial charge in [-0.05, 0) is 47.2 Å². The van der Waals surface area contributed by atoms with Gasteiger partial charge in [0.1, 0.15) is 5.56 Å². The molecule has 0 aliphatic heterocycles. The molecule has 25 heavy (non-hydrogen) atoms. The van der Waals surface area contributed by atoms with Gasteiger partial charge in [-0.15, -0.1) is 0 Å². The van der Waals surface area contributed by atoms with Crippen molar-refractivity contribution in [3.05, 3.63) is 79.1 Å². The minimum Gasteiger partial charge on any atom is -0.359 e. The molecule has 0 atom stereocenters. The molecule has 0 spiro atoms. The molecule has 3 aromatic rings. The van der Waals surface area contributed by atoms with Crippen molar-refractivity contribution in [3.8, 4) is 0 Å². The summed E-state index contributed by atoms with van der Waals surface area (Å²) >= 11 is 2.16. The number of rotatable bonds is 3. The Morgan fingerprint density at radius 1 is 1.12 bits per heavy atom. The van der Waals surface area contributed by atoms with Crippen molar-refractivity contribution in [2.75, 3.05) is 0 Å². The highest BCUT2D eigenvalue weighted by atomic mass is 127. The minimum atomic E-state index is -0.368. The van der Waals surface area contributed by atoms with Crippen LogP contribution >= 0.6 is 22.6 Å². The van der Waals surface area contributed by atoms with Crippen LogP contribution in [-0.2, 0) is 6.54 Å². The summed E-state index contributed by atoms with van der Waals surface area (Å²) in [7, 11) is 0. The summed E-state index contributed by atoms with van der Waals surface area (Å²) in [5, 5.41) is 3.32. The Morgan fingerprint density at radius 2 is 1.80 bits per heavy atom. The smallest absolute Gasteiger partial charge is 0.257 e. The zero-order valence-corrected chi connectivity index (χ0v) is 16.7. The lowest BCUT2D eigenvalue weighted by molar-refractivity contribution is 0.0949. The summed E-state index contributed by atoms with van der Waals surface area (Å²) in [6, 6.07) is 13.4. The van der Waals surface area contributed by atoms with Crippen LogP contribution in [0, 0.1) is 10.5 Å². The van der Waals surface area contributed by atoms with Gasteiger partial charge in [-0.1, -0.05) is 49.7 Å². The molecule has 1 aromatic heterocycles. The van der Waals surface area contributed by atoms with Crippen LogP contribution < -0.4 is 10.7 Å². The van der Waals surface area contributed by atoms with E-state index < -0.39 is 0 Å². The number of para-hydroxylation sites is 1. The van der Waals surface area contributed by atoms with Gasteiger partial charge in [0.2, 0.25) is 5.43 Å². The molecule has 130 valence electrons. The molecule has 0 aliphatic carbocycles. The van der Waals surface area contributed by atoms with Crippen LogP contribution in [0.4, 0.5) is 0 Å². The maximum absolute atomic E-state index is 12.5. The number of hydrogen-bond donors (Lipinski definition) is 2. The molecule has 0 unspecified atom stereocenters. The number of benzene rings is 2. The molecule has 0 saturated carbocycles. The number of nitrogens with one attached hydrogen (secondary N) is 2. The molecule has 0 aliphatic rings. The van der Waals surface area contributed by atoms with Crippen LogP contribution in [0.15, 0.2) is 53.5 Å². The quantitative estimate of drug-likeness (QED) is 0.584. The van der Waals surface area contributed by atoms with Gasteiger partial charge in [-0.25, -0.2) is 0 Å². The molecule has 0 radical (unpaired) electrons. The van der Waals surface area contributed by atoms with Gasteiger partial charge in [0.25, 0.3) is 5.91 Å². The maximum Gasteiger partial charge on any atom is 0.257 e. The van der Waals surface area contributed by atoms with E-state index in [9.17, 15) is 9.59 Å². The summed E-state index contributed by atoms with van der Waals surface area (Å²) in [6.45, 7) is 6.40. The zero-order valence-electron chi connectivity index (χ0n) is 14.5. The van der Waals surface area contributed by atoms with E-state index in [1.165, 1.54) is 11.8 Å². The second-order valence-corrected chi connectivity index (χ2v) is 6.52. The molecule has 0 fully saturated rings. The van der Waals surface area contributed by atoms with Gasteiger partial charge >= 0.3 is 0 Å². The fourth-order valence-corrected chi connectivity index (χ4v) is 3.02. The van der Waals surface area contributed by atoms with E-state index in [4.69, 9.17) is 0 Å². The second-order valence-electron chi connectivity index (χ2n) is 5.36. The van der Waals surface area contributed by atoms with Gasteiger partial charge in [0.15, 0.2) is 0 Å². The molecule has 4 nitrogen and oxygen atoms in total. The fourth-order valence-electron chi connectivity index (χ4n) is 2.37. The van der Waals surface area contributed by atoms with Gasteiger partial charge in [0.05, 0.1) is 5.52 Å². The number of carbonyl (C=O) groups is 1. The Labute approximate surface area is 160 Å². The van der Waals surface area contributed by atoms with E-state index in [-0.39, 0.29) is 16.9 Å².